The third-order valence-electron chi connectivity index (χ3n) is 4.04. The first-order chi connectivity index (χ1) is 14.6. The maximum absolute atomic E-state index is 11.8. The number of methoxy groups -OCH3 is 1. The second-order valence-electron chi connectivity index (χ2n) is 6.12. The molecule has 150 valence electrons. The number of thiazole rings is 1. The molecule has 0 fully saturated rings. The van der Waals surface area contributed by atoms with Crippen molar-refractivity contribution < 1.29 is 9.53 Å². The second kappa shape index (κ2) is 9.42. The van der Waals surface area contributed by atoms with Crippen molar-refractivity contribution in [2.75, 3.05) is 12.4 Å². The number of esters is 1. The topological polar surface area (TPSA) is 64.1 Å². The molecule has 30 heavy (non-hydrogen) atoms. The highest BCUT2D eigenvalue weighted by atomic mass is 79.9. The molecule has 0 aliphatic heterocycles. The fourth-order valence-corrected chi connectivity index (χ4v) is 5.00. The van der Waals surface area contributed by atoms with E-state index >= 15 is 0 Å². The highest BCUT2D eigenvalue weighted by molar-refractivity contribution is 9.10. The second-order valence-corrected chi connectivity index (χ2v) is 9.18. The molecule has 0 spiro atoms. The number of nitrogens with one attached hydrogen (secondary N) is 1. The molecule has 0 bridgehead atoms. The molecular weight excluding hydrogens is 482 g/mol. The highest BCUT2D eigenvalue weighted by Gasteiger charge is 2.12. The maximum Gasteiger partial charge on any atom is 0.337 e. The predicted octanol–water partition coefficient (Wildman–Crippen LogP) is 4.67. The van der Waals surface area contributed by atoms with E-state index in [2.05, 4.69) is 31.2 Å². The number of fused-ring (bicyclic) bond motifs is 1. The molecule has 0 atom stereocenters. The fourth-order valence-electron chi connectivity index (χ4n) is 2.68. The Morgan fingerprint density at radius 1 is 1.17 bits per heavy atom. The van der Waals surface area contributed by atoms with E-state index in [1.54, 1.807) is 29.7 Å². The van der Waals surface area contributed by atoms with Crippen LogP contribution in [0.25, 0.3) is 12.2 Å². The number of allylic oxidation sites excluding steroid dienone is 4. The molecule has 5 nitrogen and oxygen atoms in total. The average molecular weight is 498 g/mol. The summed E-state index contributed by atoms with van der Waals surface area (Å²) in [6.45, 7) is 0. The summed E-state index contributed by atoms with van der Waals surface area (Å²) in [5.41, 5.74) is 0.506. The Morgan fingerprint density at radius 2 is 2.00 bits per heavy atom. The van der Waals surface area contributed by atoms with Crippen molar-refractivity contribution in [3.63, 3.8) is 0 Å². The van der Waals surface area contributed by atoms with Gasteiger partial charge in [0.25, 0.3) is 0 Å². The van der Waals surface area contributed by atoms with Crippen LogP contribution in [-0.4, -0.2) is 23.0 Å². The first-order valence-electron chi connectivity index (χ1n) is 8.93. The number of benzene rings is 1. The van der Waals surface area contributed by atoms with Gasteiger partial charge in [0.2, 0.25) is 0 Å². The van der Waals surface area contributed by atoms with Crippen molar-refractivity contribution >= 4 is 68.1 Å². The molecule has 1 aliphatic rings. The summed E-state index contributed by atoms with van der Waals surface area (Å²) >= 11 is 6.56. The summed E-state index contributed by atoms with van der Waals surface area (Å²) in [6, 6.07) is 9.30. The number of nitrogens with zero attached hydrogens (tertiary/aromatic N) is 2. The molecule has 1 aliphatic carbocycles. The highest BCUT2D eigenvalue weighted by Crippen LogP contribution is 2.35. The van der Waals surface area contributed by atoms with Gasteiger partial charge >= 0.3 is 5.97 Å². The van der Waals surface area contributed by atoms with Gasteiger partial charge in [0.15, 0.2) is 5.13 Å². The van der Waals surface area contributed by atoms with Crippen LogP contribution >= 0.6 is 39.0 Å². The number of carbonyl (C=O) groups is 1. The van der Waals surface area contributed by atoms with Gasteiger partial charge in [0.1, 0.15) is 5.82 Å². The first kappa shape index (κ1) is 20.6. The van der Waals surface area contributed by atoms with Gasteiger partial charge in [-0.05, 0) is 52.3 Å². The zero-order valence-electron chi connectivity index (χ0n) is 15.8. The third kappa shape index (κ3) is 4.89. The summed E-state index contributed by atoms with van der Waals surface area (Å²) in [6.07, 6.45) is 13.7. The molecule has 1 aromatic carbocycles. The number of ether oxygens (including phenoxy) is 1. The lowest BCUT2D eigenvalue weighted by Crippen LogP contribution is -2.20. The van der Waals surface area contributed by atoms with Crippen molar-refractivity contribution in [1.29, 1.82) is 0 Å². The predicted molar refractivity (Wildman–Crippen MR) is 126 cm³/mol. The minimum atomic E-state index is -0.362. The smallest absolute Gasteiger partial charge is 0.337 e. The first-order valence-corrected chi connectivity index (χ1v) is 11.4. The van der Waals surface area contributed by atoms with Crippen LogP contribution in [0.3, 0.4) is 0 Å². The molecule has 0 amide bonds. The van der Waals surface area contributed by atoms with Gasteiger partial charge in [-0.25, -0.2) is 14.8 Å². The van der Waals surface area contributed by atoms with Crippen molar-refractivity contribution in [3.05, 3.63) is 80.8 Å². The minimum Gasteiger partial charge on any atom is -0.465 e. The number of hydrogen-bond acceptors (Lipinski definition) is 7. The monoisotopic (exact) mass is 497 g/mol. The van der Waals surface area contributed by atoms with Crippen molar-refractivity contribution in [1.82, 2.24) is 9.97 Å². The fraction of sp³-hybridized carbons (Fsp3) is 0.0455. The molecule has 2 aromatic heterocycles. The number of pyridine rings is 1. The molecule has 0 saturated heterocycles. The van der Waals surface area contributed by atoms with Crippen molar-refractivity contribution in [2.24, 2.45) is 0 Å². The number of carbonyl (C=O) groups excluding carboxylic acids is 1. The quantitative estimate of drug-likeness (QED) is 0.516. The molecule has 1 N–H and O–H groups in total. The summed E-state index contributed by atoms with van der Waals surface area (Å²) in [5.74, 6) is 0.332. The zero-order chi connectivity index (χ0) is 20.9. The molecule has 8 heteroatoms. The number of anilines is 2. The van der Waals surface area contributed by atoms with Gasteiger partial charge in [-0.1, -0.05) is 53.5 Å². The van der Waals surface area contributed by atoms with Crippen LogP contribution < -0.4 is 15.2 Å². The SMILES string of the molecule is COC(=O)c1cccc(Sc2cc(Br)cnc2Nc2nc3c(s2)=CC=CC=CC=3)c1. The normalized spacial score (nSPS) is 12.2. The minimum absolute atomic E-state index is 0.362. The largest absolute Gasteiger partial charge is 0.465 e. The van der Waals surface area contributed by atoms with E-state index in [1.165, 1.54) is 18.9 Å². The Morgan fingerprint density at radius 3 is 2.83 bits per heavy atom. The van der Waals surface area contributed by atoms with Gasteiger partial charge in [-0.3, -0.25) is 0 Å². The van der Waals surface area contributed by atoms with Crippen molar-refractivity contribution in [3.8, 4) is 0 Å². The number of hydrogen-bond donors (Lipinski definition) is 1. The van der Waals surface area contributed by atoms with Crippen LogP contribution in [0.1, 0.15) is 10.4 Å². The van der Waals surface area contributed by atoms with Gasteiger partial charge in [0, 0.05) is 15.6 Å². The maximum atomic E-state index is 11.8. The lowest BCUT2D eigenvalue weighted by Gasteiger charge is -2.10. The van der Waals surface area contributed by atoms with E-state index in [1.807, 2.05) is 54.7 Å². The van der Waals surface area contributed by atoms with Gasteiger partial charge < -0.3 is 10.1 Å². The number of rotatable bonds is 5. The van der Waals surface area contributed by atoms with Crippen molar-refractivity contribution in [2.45, 2.75) is 9.79 Å². The molecule has 2 heterocycles. The summed E-state index contributed by atoms with van der Waals surface area (Å²) in [7, 11) is 1.38. The zero-order valence-corrected chi connectivity index (χ0v) is 19.1. The Labute approximate surface area is 190 Å². The van der Waals surface area contributed by atoms with Crippen LogP contribution in [0.4, 0.5) is 10.9 Å². The van der Waals surface area contributed by atoms with Crippen LogP contribution in [0, 0.1) is 0 Å². The number of halogens is 1. The molecule has 3 aromatic rings. The third-order valence-corrected chi connectivity index (χ3v) is 6.45. The van der Waals surface area contributed by atoms with Crippen LogP contribution in [0.2, 0.25) is 0 Å². The van der Waals surface area contributed by atoms with E-state index in [4.69, 9.17) is 4.74 Å². The van der Waals surface area contributed by atoms with E-state index < -0.39 is 0 Å². The van der Waals surface area contributed by atoms with Gasteiger partial charge in [0.05, 0.1) is 27.5 Å². The van der Waals surface area contributed by atoms with E-state index in [9.17, 15) is 4.79 Å². The Hall–Kier alpha value is -2.68. The van der Waals surface area contributed by atoms with Gasteiger partial charge in [-0.2, -0.15) is 0 Å². The Bertz CT molecular complexity index is 1240. The van der Waals surface area contributed by atoms with E-state index in [0.29, 0.717) is 11.4 Å². The molecule has 0 unspecified atom stereocenters. The molecule has 0 saturated carbocycles. The van der Waals surface area contributed by atoms with E-state index in [-0.39, 0.29) is 5.97 Å². The Balaban J connectivity index is 1.65. The van der Waals surface area contributed by atoms with Crippen LogP contribution in [0.15, 0.2) is 75.1 Å². The lowest BCUT2D eigenvalue weighted by atomic mass is 10.2. The van der Waals surface area contributed by atoms with Crippen LogP contribution in [-0.2, 0) is 4.74 Å². The van der Waals surface area contributed by atoms with Gasteiger partial charge in [-0.15, -0.1) is 0 Å². The lowest BCUT2D eigenvalue weighted by molar-refractivity contribution is 0.0600. The number of aromatic nitrogens is 2. The Kier molecular flexibility index (Phi) is 6.47. The average Bonchev–Trinajstić information content (AvgIpc) is 3.10. The standard InChI is InChI=1S/C22H16BrN3O2S2/c1-28-21(27)14-7-6-8-16(11-14)29-19-12-15(23)13-24-20(19)26-22-25-17-9-4-2-3-5-10-18(17)30-22/h2-13H,1H3,(H,24,25,26). The molecule has 4 rings (SSSR count). The summed E-state index contributed by atoms with van der Waals surface area (Å²) in [4.78, 5) is 22.9. The summed E-state index contributed by atoms with van der Waals surface area (Å²) in [5, 5.41) is 5.02. The summed E-state index contributed by atoms with van der Waals surface area (Å²) < 4.78 is 6.76. The van der Waals surface area contributed by atoms with E-state index in [0.717, 1.165) is 29.3 Å². The van der Waals surface area contributed by atoms with Crippen LogP contribution in [0.5, 0.6) is 0 Å². The molecular formula is C22H16BrN3O2S2. The molecule has 0 radical (unpaired) electrons.